The topological polar surface area (TPSA) is 76.4 Å². The number of carbonyl (C=O) groups excluding carboxylic acids is 1. The summed E-state index contributed by atoms with van der Waals surface area (Å²) in [6.07, 6.45) is -1.93. The molecule has 1 aromatic heterocycles. The maximum absolute atomic E-state index is 13.2. The van der Waals surface area contributed by atoms with Crippen molar-refractivity contribution in [3.8, 4) is 17.0 Å². The Balaban J connectivity index is 1.91. The summed E-state index contributed by atoms with van der Waals surface area (Å²) in [7, 11) is 0. The van der Waals surface area contributed by atoms with Crippen molar-refractivity contribution < 1.29 is 36.6 Å². The van der Waals surface area contributed by atoms with Crippen LogP contribution in [0.2, 0.25) is 0 Å². The third-order valence-corrected chi connectivity index (χ3v) is 7.10. The molecule has 1 fully saturated rings. The van der Waals surface area contributed by atoms with E-state index in [0.717, 1.165) is 19.8 Å². The zero-order chi connectivity index (χ0) is 27.5. The summed E-state index contributed by atoms with van der Waals surface area (Å²) in [6.45, 7) is 3.69. The molecule has 1 heterocycles. The van der Waals surface area contributed by atoms with Gasteiger partial charge in [0.1, 0.15) is 5.75 Å². The Morgan fingerprint density at radius 1 is 1.30 bits per heavy atom. The van der Waals surface area contributed by atoms with Gasteiger partial charge in [0.25, 0.3) is 5.91 Å². The molecule has 0 bridgehead atoms. The highest BCUT2D eigenvalue weighted by atomic mass is 19.4. The highest BCUT2D eigenvalue weighted by molar-refractivity contribution is 5.95. The lowest BCUT2D eigenvalue weighted by Crippen LogP contribution is -2.45. The summed E-state index contributed by atoms with van der Waals surface area (Å²) < 4.78 is 71.7. The van der Waals surface area contributed by atoms with Gasteiger partial charge in [-0.3, -0.25) is 9.48 Å². The van der Waals surface area contributed by atoms with Crippen LogP contribution in [0.1, 0.15) is 68.1 Å². The number of nitrogens with one attached hydrogen (secondary N) is 1. The number of alkyl halides is 5. The molecule has 1 aromatic carbocycles. The van der Waals surface area contributed by atoms with Gasteiger partial charge in [0, 0.05) is 24.2 Å². The zero-order valence-electron chi connectivity index (χ0n) is 21.5. The van der Waals surface area contributed by atoms with E-state index in [1.807, 2.05) is 0 Å². The van der Waals surface area contributed by atoms with E-state index in [9.17, 15) is 31.9 Å². The SMILES string of the molecule is CCn1nc(C(=O)NCC2(O)CCC(C)CC2)c(C)c1-c1ccc(C[C@H](C)C(F)(F)F)cc1OC(F)F. The molecule has 0 spiro atoms. The van der Waals surface area contributed by atoms with Gasteiger partial charge in [-0.25, -0.2) is 0 Å². The standard InChI is InChI=1S/C26H34F5N3O3/c1-5-34-22(17(4)21(33-34)23(35)32-14-25(36)10-8-15(2)9-11-25)19-7-6-18(12-16(3)26(29,30)31)13-20(19)37-24(27)28/h6-7,13,15-16,24,36H,5,8-12,14H2,1-4H3,(H,32,35)/t15?,16-,25?/m0/s1. The molecule has 2 N–H and O–H groups in total. The quantitative estimate of drug-likeness (QED) is 0.396. The van der Waals surface area contributed by atoms with E-state index in [0.29, 0.717) is 36.6 Å². The summed E-state index contributed by atoms with van der Waals surface area (Å²) in [6, 6.07) is 4.02. The minimum Gasteiger partial charge on any atom is -0.434 e. The zero-order valence-corrected chi connectivity index (χ0v) is 21.5. The average Bonchev–Trinajstić information content (AvgIpc) is 3.15. The molecule has 37 heavy (non-hydrogen) atoms. The number of hydrogen-bond acceptors (Lipinski definition) is 4. The van der Waals surface area contributed by atoms with E-state index >= 15 is 0 Å². The van der Waals surface area contributed by atoms with Gasteiger partial charge in [-0.15, -0.1) is 0 Å². The fourth-order valence-corrected chi connectivity index (χ4v) is 4.69. The third-order valence-electron chi connectivity index (χ3n) is 7.10. The summed E-state index contributed by atoms with van der Waals surface area (Å²) >= 11 is 0. The number of nitrogens with zero attached hydrogens (tertiary/aromatic N) is 2. The molecule has 206 valence electrons. The summed E-state index contributed by atoms with van der Waals surface area (Å²) in [5.74, 6) is -1.95. The van der Waals surface area contributed by atoms with Crippen LogP contribution in [-0.2, 0) is 13.0 Å². The Labute approximate surface area is 213 Å². The number of ether oxygens (including phenoxy) is 1. The first-order valence-corrected chi connectivity index (χ1v) is 12.5. The summed E-state index contributed by atoms with van der Waals surface area (Å²) in [4.78, 5) is 13.0. The van der Waals surface area contributed by atoms with E-state index in [1.165, 1.54) is 22.9 Å². The van der Waals surface area contributed by atoms with E-state index in [1.54, 1.807) is 13.8 Å². The molecule has 0 aliphatic heterocycles. The van der Waals surface area contributed by atoms with Gasteiger partial charge >= 0.3 is 12.8 Å². The average molecular weight is 532 g/mol. The molecule has 3 rings (SSSR count). The fourth-order valence-electron chi connectivity index (χ4n) is 4.69. The normalized spacial score (nSPS) is 21.2. The molecule has 11 heteroatoms. The van der Waals surface area contributed by atoms with Crippen LogP contribution in [0.5, 0.6) is 5.75 Å². The molecule has 0 saturated heterocycles. The van der Waals surface area contributed by atoms with E-state index in [4.69, 9.17) is 4.74 Å². The van der Waals surface area contributed by atoms with Gasteiger partial charge in [0.15, 0.2) is 5.69 Å². The van der Waals surface area contributed by atoms with Crippen molar-refractivity contribution >= 4 is 5.91 Å². The second kappa shape index (κ2) is 11.4. The number of aromatic nitrogens is 2. The van der Waals surface area contributed by atoms with E-state index < -0.39 is 36.6 Å². The number of rotatable bonds is 9. The second-order valence-electron chi connectivity index (χ2n) is 10.1. The third kappa shape index (κ3) is 7.00. The van der Waals surface area contributed by atoms with Crippen LogP contribution in [0.4, 0.5) is 22.0 Å². The van der Waals surface area contributed by atoms with Crippen LogP contribution in [0.15, 0.2) is 18.2 Å². The van der Waals surface area contributed by atoms with Crippen LogP contribution in [0.3, 0.4) is 0 Å². The minimum absolute atomic E-state index is 0.0676. The molecule has 1 amide bonds. The maximum Gasteiger partial charge on any atom is 0.391 e. The molecule has 2 aromatic rings. The Kier molecular flexibility index (Phi) is 8.87. The van der Waals surface area contributed by atoms with Crippen LogP contribution in [-0.4, -0.2) is 45.7 Å². The molecule has 1 aliphatic rings. The number of aliphatic hydroxyl groups is 1. The van der Waals surface area contributed by atoms with Crippen LogP contribution >= 0.6 is 0 Å². The molecule has 1 atom stereocenters. The molecule has 0 unspecified atom stereocenters. The number of hydrogen-bond donors (Lipinski definition) is 2. The van der Waals surface area contributed by atoms with Crippen molar-refractivity contribution in [2.45, 2.75) is 84.7 Å². The predicted octanol–water partition coefficient (Wildman–Crippen LogP) is 5.89. The molecule has 0 radical (unpaired) electrons. The molecule has 1 aliphatic carbocycles. The Bertz CT molecular complexity index is 1090. The van der Waals surface area contributed by atoms with Crippen LogP contribution in [0, 0.1) is 18.8 Å². The highest BCUT2D eigenvalue weighted by Crippen LogP contribution is 2.37. The largest absolute Gasteiger partial charge is 0.434 e. The summed E-state index contributed by atoms with van der Waals surface area (Å²) in [5, 5.41) is 17.9. The van der Waals surface area contributed by atoms with E-state index in [2.05, 4.69) is 17.3 Å². The predicted molar refractivity (Wildman–Crippen MR) is 129 cm³/mol. The van der Waals surface area contributed by atoms with Crippen molar-refractivity contribution in [2.75, 3.05) is 6.54 Å². The van der Waals surface area contributed by atoms with Crippen molar-refractivity contribution in [1.29, 1.82) is 0 Å². The van der Waals surface area contributed by atoms with Crippen molar-refractivity contribution in [3.63, 3.8) is 0 Å². The number of carbonyl (C=O) groups is 1. The Morgan fingerprint density at radius 2 is 1.95 bits per heavy atom. The van der Waals surface area contributed by atoms with E-state index in [-0.39, 0.29) is 29.1 Å². The van der Waals surface area contributed by atoms with Crippen molar-refractivity contribution in [1.82, 2.24) is 15.1 Å². The lowest BCUT2D eigenvalue weighted by molar-refractivity contribution is -0.169. The van der Waals surface area contributed by atoms with Gasteiger partial charge in [-0.1, -0.05) is 19.9 Å². The monoisotopic (exact) mass is 531 g/mol. The van der Waals surface area contributed by atoms with Gasteiger partial charge < -0.3 is 15.2 Å². The van der Waals surface area contributed by atoms with Crippen LogP contribution in [0.25, 0.3) is 11.3 Å². The van der Waals surface area contributed by atoms with Gasteiger partial charge in [0.05, 0.1) is 17.2 Å². The molecule has 1 saturated carbocycles. The van der Waals surface area contributed by atoms with Crippen molar-refractivity contribution in [3.05, 3.63) is 35.0 Å². The Morgan fingerprint density at radius 3 is 2.51 bits per heavy atom. The van der Waals surface area contributed by atoms with Gasteiger partial charge in [0.2, 0.25) is 0 Å². The highest BCUT2D eigenvalue weighted by Gasteiger charge is 2.36. The maximum atomic E-state index is 13.2. The first-order valence-electron chi connectivity index (χ1n) is 12.5. The van der Waals surface area contributed by atoms with Crippen molar-refractivity contribution in [2.24, 2.45) is 11.8 Å². The second-order valence-corrected chi connectivity index (χ2v) is 10.1. The van der Waals surface area contributed by atoms with Gasteiger partial charge in [-0.2, -0.15) is 27.1 Å². The fraction of sp³-hybridized carbons (Fsp3) is 0.615. The molecule has 6 nitrogen and oxygen atoms in total. The molecular formula is C26H34F5N3O3. The lowest BCUT2D eigenvalue weighted by atomic mass is 9.79. The number of amides is 1. The number of benzene rings is 1. The number of aryl methyl sites for hydroxylation is 1. The molecular weight excluding hydrogens is 497 g/mol. The Hall–Kier alpha value is -2.69. The minimum atomic E-state index is -4.43. The van der Waals surface area contributed by atoms with Crippen LogP contribution < -0.4 is 10.1 Å². The van der Waals surface area contributed by atoms with Gasteiger partial charge in [-0.05, 0) is 69.6 Å². The first-order chi connectivity index (χ1) is 17.2. The first kappa shape index (κ1) is 28.9. The summed E-state index contributed by atoms with van der Waals surface area (Å²) in [5.41, 5.74) is 0.214. The smallest absolute Gasteiger partial charge is 0.391 e. The number of halogens is 5. The lowest BCUT2D eigenvalue weighted by Gasteiger charge is -2.34.